The summed E-state index contributed by atoms with van der Waals surface area (Å²) in [5.41, 5.74) is 1.12. The Labute approximate surface area is 224 Å². The monoisotopic (exact) mass is 519 g/mol. The fraction of sp³-hybridized carbons (Fsp3) is 0.677. The summed E-state index contributed by atoms with van der Waals surface area (Å²) >= 11 is 0. The van der Waals surface area contributed by atoms with Crippen LogP contribution in [-0.2, 0) is 9.53 Å². The fourth-order valence-corrected chi connectivity index (χ4v) is 8.37. The third-order valence-corrected chi connectivity index (χ3v) is 9.82. The van der Waals surface area contributed by atoms with Crippen LogP contribution in [0.4, 0.5) is 0 Å². The van der Waals surface area contributed by atoms with Crippen LogP contribution < -0.4 is 5.56 Å². The van der Waals surface area contributed by atoms with Crippen LogP contribution in [0.25, 0.3) is 11.0 Å². The first kappa shape index (κ1) is 25.7. The Balaban J connectivity index is 1.26. The van der Waals surface area contributed by atoms with Crippen LogP contribution in [0.3, 0.4) is 0 Å². The first-order chi connectivity index (χ1) is 18.5. The van der Waals surface area contributed by atoms with Crippen LogP contribution in [0.5, 0.6) is 0 Å². The highest BCUT2D eigenvalue weighted by Gasteiger charge is 2.47. The number of esters is 1. The molecule has 4 fully saturated rings. The topological polar surface area (TPSA) is 81.5 Å². The largest absolute Gasteiger partial charge is 0.466 e. The van der Waals surface area contributed by atoms with Crippen LogP contribution in [0, 0.1) is 11.8 Å². The second-order valence-electron chi connectivity index (χ2n) is 12.2. The summed E-state index contributed by atoms with van der Waals surface area (Å²) in [5.74, 6) is 0.989. The lowest BCUT2D eigenvalue weighted by Gasteiger charge is -2.48. The molecule has 4 unspecified atom stereocenters. The number of ketones is 1. The Hall–Kier alpha value is -2.54. The molecule has 204 valence electrons. The summed E-state index contributed by atoms with van der Waals surface area (Å²) < 4.78 is 6.85. The standard InChI is InChI=1S/C31H41N3O4/c1-2-38-29(36)14-13-28(35)30-31(37)34(27-10-6-5-9-26(27)32-30)25-18-22-11-12-23(19-25)33(22)24-16-20-7-3-4-8-21(15-20)17-24/h5-6,9-10,20-25H,2-4,7-8,11-19H2,1H3/t20?,21?,22-,23?,24?,25?/m1/s1. The van der Waals surface area contributed by atoms with Crippen LogP contribution in [0.15, 0.2) is 29.1 Å². The average molecular weight is 520 g/mol. The molecule has 2 aromatic rings. The molecule has 2 saturated carbocycles. The van der Waals surface area contributed by atoms with Crippen LogP contribution in [0.1, 0.15) is 107 Å². The van der Waals surface area contributed by atoms with E-state index in [2.05, 4.69) is 9.88 Å². The summed E-state index contributed by atoms with van der Waals surface area (Å²) in [6, 6.07) is 9.43. The first-order valence-corrected chi connectivity index (χ1v) is 15.0. The molecule has 7 heteroatoms. The zero-order valence-corrected chi connectivity index (χ0v) is 22.6. The predicted molar refractivity (Wildman–Crippen MR) is 146 cm³/mol. The minimum absolute atomic E-state index is 0.0352. The quantitative estimate of drug-likeness (QED) is 0.357. The van der Waals surface area contributed by atoms with Crippen molar-refractivity contribution in [1.82, 2.24) is 14.5 Å². The fourth-order valence-electron chi connectivity index (χ4n) is 8.37. The third-order valence-electron chi connectivity index (χ3n) is 9.82. The van der Waals surface area contributed by atoms with E-state index in [1.807, 2.05) is 28.8 Å². The summed E-state index contributed by atoms with van der Waals surface area (Å²) in [6.45, 7) is 2.01. The van der Waals surface area contributed by atoms with Crippen molar-refractivity contribution >= 4 is 22.8 Å². The van der Waals surface area contributed by atoms with E-state index < -0.39 is 5.97 Å². The maximum Gasteiger partial charge on any atom is 0.306 e. The molecule has 2 aliphatic carbocycles. The lowest BCUT2D eigenvalue weighted by molar-refractivity contribution is -0.143. The minimum atomic E-state index is -0.423. The number of benzene rings is 1. The number of piperidine rings is 1. The number of rotatable bonds is 7. The highest BCUT2D eigenvalue weighted by Crippen LogP contribution is 2.47. The van der Waals surface area contributed by atoms with Gasteiger partial charge < -0.3 is 9.30 Å². The number of para-hydroxylation sites is 2. The van der Waals surface area contributed by atoms with Gasteiger partial charge in [-0.15, -0.1) is 0 Å². The SMILES string of the molecule is CCOC(=O)CCC(=O)c1nc2ccccc2n(C2CC3CC[C@H](C2)N3C2CC3CCCCC(C3)C2)c1=O. The normalized spacial score (nSPS) is 31.2. The Morgan fingerprint density at radius 2 is 1.55 bits per heavy atom. The summed E-state index contributed by atoms with van der Waals surface area (Å²) in [6.07, 6.45) is 14.0. The van der Waals surface area contributed by atoms with Crippen molar-refractivity contribution < 1.29 is 14.3 Å². The molecule has 4 bridgehead atoms. The molecule has 2 aliphatic heterocycles. The highest BCUT2D eigenvalue weighted by molar-refractivity contribution is 5.97. The number of aromatic nitrogens is 2. The molecular weight excluding hydrogens is 478 g/mol. The van der Waals surface area contributed by atoms with Gasteiger partial charge in [0.2, 0.25) is 0 Å². The van der Waals surface area contributed by atoms with Gasteiger partial charge in [0, 0.05) is 30.6 Å². The lowest BCUT2D eigenvalue weighted by Crippen LogP contribution is -2.52. The van der Waals surface area contributed by atoms with Gasteiger partial charge in [0.05, 0.1) is 24.1 Å². The number of fused-ring (bicyclic) bond motifs is 5. The summed E-state index contributed by atoms with van der Waals surface area (Å²) in [7, 11) is 0. The van der Waals surface area contributed by atoms with Gasteiger partial charge in [0.15, 0.2) is 11.5 Å². The molecule has 0 N–H and O–H groups in total. The number of ether oxygens (including phenoxy) is 1. The number of carbonyl (C=O) groups excluding carboxylic acids is 2. The molecule has 3 heterocycles. The zero-order chi connectivity index (χ0) is 26.2. The second kappa shape index (κ2) is 10.9. The number of hydrogen-bond acceptors (Lipinski definition) is 6. The van der Waals surface area contributed by atoms with Crippen LogP contribution >= 0.6 is 0 Å². The molecule has 5 atom stereocenters. The second-order valence-corrected chi connectivity index (χ2v) is 12.2. The van der Waals surface area contributed by atoms with E-state index in [0.717, 1.165) is 30.2 Å². The Kier molecular flexibility index (Phi) is 7.39. The van der Waals surface area contributed by atoms with Crippen molar-refractivity contribution in [3.8, 4) is 0 Å². The molecule has 0 amide bonds. The summed E-state index contributed by atoms with van der Waals surface area (Å²) in [4.78, 5) is 46.1. The molecule has 0 spiro atoms. The minimum Gasteiger partial charge on any atom is -0.466 e. The van der Waals surface area contributed by atoms with E-state index in [1.54, 1.807) is 6.92 Å². The third kappa shape index (κ3) is 4.94. The van der Waals surface area contributed by atoms with E-state index in [9.17, 15) is 14.4 Å². The van der Waals surface area contributed by atoms with Gasteiger partial charge >= 0.3 is 5.97 Å². The van der Waals surface area contributed by atoms with E-state index in [0.29, 0.717) is 23.6 Å². The first-order valence-electron chi connectivity index (χ1n) is 15.0. The van der Waals surface area contributed by atoms with Crippen LogP contribution in [0.2, 0.25) is 0 Å². The zero-order valence-electron chi connectivity index (χ0n) is 22.6. The van der Waals surface area contributed by atoms with E-state index in [4.69, 9.17) is 4.74 Å². The van der Waals surface area contributed by atoms with E-state index in [1.165, 1.54) is 57.8 Å². The van der Waals surface area contributed by atoms with Crippen molar-refractivity contribution in [2.75, 3.05) is 6.61 Å². The predicted octanol–water partition coefficient (Wildman–Crippen LogP) is 5.45. The molecule has 6 rings (SSSR count). The van der Waals surface area contributed by atoms with Gasteiger partial charge in [-0.1, -0.05) is 37.8 Å². The van der Waals surface area contributed by atoms with Gasteiger partial charge in [-0.3, -0.25) is 19.3 Å². The highest BCUT2D eigenvalue weighted by atomic mass is 16.5. The van der Waals surface area contributed by atoms with Gasteiger partial charge in [0.25, 0.3) is 5.56 Å². The maximum atomic E-state index is 13.8. The number of nitrogens with zero attached hydrogens (tertiary/aromatic N) is 3. The van der Waals surface area contributed by atoms with Gasteiger partial charge in [-0.25, -0.2) is 4.98 Å². The summed E-state index contributed by atoms with van der Waals surface area (Å²) in [5, 5.41) is 0. The molecule has 38 heavy (non-hydrogen) atoms. The van der Waals surface area contributed by atoms with Gasteiger partial charge in [-0.2, -0.15) is 0 Å². The molecular formula is C31H41N3O4. The number of carbonyl (C=O) groups is 2. The van der Waals surface area contributed by atoms with Gasteiger partial charge in [-0.05, 0) is 75.8 Å². The Bertz CT molecular complexity index is 1230. The van der Waals surface area contributed by atoms with Crippen molar-refractivity contribution in [3.05, 3.63) is 40.3 Å². The Morgan fingerprint density at radius 1 is 0.868 bits per heavy atom. The molecule has 1 aromatic heterocycles. The van der Waals surface area contributed by atoms with E-state index >= 15 is 0 Å². The van der Waals surface area contributed by atoms with Crippen molar-refractivity contribution in [2.24, 2.45) is 11.8 Å². The van der Waals surface area contributed by atoms with Gasteiger partial charge in [0.1, 0.15) is 0 Å². The van der Waals surface area contributed by atoms with Crippen LogP contribution in [-0.4, -0.2) is 50.9 Å². The van der Waals surface area contributed by atoms with Crippen molar-refractivity contribution in [3.63, 3.8) is 0 Å². The number of Topliss-reactive ketones (excluding diaryl/α,β-unsaturated/α-hetero) is 1. The number of hydrogen-bond donors (Lipinski definition) is 0. The molecule has 4 aliphatic rings. The maximum absolute atomic E-state index is 13.8. The molecule has 0 radical (unpaired) electrons. The van der Waals surface area contributed by atoms with Crippen molar-refractivity contribution in [1.29, 1.82) is 0 Å². The average Bonchev–Trinajstić information content (AvgIpc) is 3.06. The smallest absolute Gasteiger partial charge is 0.306 e. The molecule has 2 saturated heterocycles. The van der Waals surface area contributed by atoms with E-state index in [-0.39, 0.29) is 42.5 Å². The molecule has 1 aromatic carbocycles. The van der Waals surface area contributed by atoms with Crippen molar-refractivity contribution in [2.45, 2.75) is 115 Å². The molecule has 7 nitrogen and oxygen atoms in total. The Morgan fingerprint density at radius 3 is 2.24 bits per heavy atom. The lowest BCUT2D eigenvalue weighted by atomic mass is 9.76.